The molecule has 1 saturated heterocycles. The standard InChI is InChI=1S/C19H25N3O/c1-4-16(15-9-6-5-7-10-15)18-11-8-12-22(18)19(23)17-13-20-21(3)14(17)2/h5-7,9-10,13,16,18H,4,8,11-12H2,1-3H3/t16-,18-/m0/s1. The van der Waals surface area contributed by atoms with Gasteiger partial charge in [0, 0.05) is 31.2 Å². The molecule has 0 unspecified atom stereocenters. The summed E-state index contributed by atoms with van der Waals surface area (Å²) in [5.41, 5.74) is 3.01. The molecule has 1 aromatic carbocycles. The Balaban J connectivity index is 1.87. The van der Waals surface area contributed by atoms with Crippen molar-refractivity contribution in [2.75, 3.05) is 6.54 Å². The van der Waals surface area contributed by atoms with E-state index in [2.05, 4.69) is 41.2 Å². The van der Waals surface area contributed by atoms with Crippen LogP contribution in [0.2, 0.25) is 0 Å². The zero-order chi connectivity index (χ0) is 16.4. The first-order valence-corrected chi connectivity index (χ1v) is 8.48. The van der Waals surface area contributed by atoms with E-state index in [0.717, 1.165) is 37.1 Å². The summed E-state index contributed by atoms with van der Waals surface area (Å²) in [5, 5.41) is 4.23. The summed E-state index contributed by atoms with van der Waals surface area (Å²) in [6.07, 6.45) is 4.92. The number of amides is 1. The number of likely N-dealkylation sites (tertiary alicyclic amines) is 1. The van der Waals surface area contributed by atoms with Crippen LogP contribution in [0.25, 0.3) is 0 Å². The number of rotatable bonds is 4. The fraction of sp³-hybridized carbons (Fsp3) is 0.474. The second-order valence-corrected chi connectivity index (χ2v) is 6.40. The molecule has 0 bridgehead atoms. The molecule has 4 nitrogen and oxygen atoms in total. The van der Waals surface area contributed by atoms with E-state index < -0.39 is 0 Å². The number of benzene rings is 1. The van der Waals surface area contributed by atoms with Crippen molar-refractivity contribution in [2.45, 2.75) is 45.1 Å². The van der Waals surface area contributed by atoms with Crippen LogP contribution >= 0.6 is 0 Å². The molecule has 2 atom stereocenters. The molecule has 2 aromatic rings. The normalized spacial score (nSPS) is 19.1. The van der Waals surface area contributed by atoms with E-state index in [0.29, 0.717) is 5.92 Å². The molecule has 3 rings (SSSR count). The minimum absolute atomic E-state index is 0.132. The average molecular weight is 311 g/mol. The lowest BCUT2D eigenvalue weighted by Gasteiger charge is -2.31. The van der Waals surface area contributed by atoms with Crippen LogP contribution in [-0.4, -0.2) is 33.2 Å². The number of aromatic nitrogens is 2. The number of carbonyl (C=O) groups excluding carboxylic acids is 1. The summed E-state index contributed by atoms with van der Waals surface area (Å²) in [7, 11) is 1.88. The maximum absolute atomic E-state index is 13.0. The van der Waals surface area contributed by atoms with Crippen molar-refractivity contribution in [2.24, 2.45) is 7.05 Å². The zero-order valence-corrected chi connectivity index (χ0v) is 14.2. The zero-order valence-electron chi connectivity index (χ0n) is 14.2. The molecule has 1 aromatic heterocycles. The van der Waals surface area contributed by atoms with Crippen molar-refractivity contribution in [3.05, 3.63) is 53.3 Å². The highest BCUT2D eigenvalue weighted by Crippen LogP contribution is 2.34. The molecule has 0 aliphatic carbocycles. The van der Waals surface area contributed by atoms with Crippen LogP contribution in [0.15, 0.2) is 36.5 Å². The topological polar surface area (TPSA) is 38.1 Å². The highest BCUT2D eigenvalue weighted by atomic mass is 16.2. The van der Waals surface area contributed by atoms with E-state index in [1.54, 1.807) is 10.9 Å². The van der Waals surface area contributed by atoms with Crippen molar-refractivity contribution in [3.8, 4) is 0 Å². The minimum atomic E-state index is 0.132. The lowest BCUT2D eigenvalue weighted by atomic mass is 9.87. The summed E-state index contributed by atoms with van der Waals surface area (Å²) < 4.78 is 1.77. The third kappa shape index (κ3) is 2.90. The van der Waals surface area contributed by atoms with Gasteiger partial charge in [-0.2, -0.15) is 5.10 Å². The van der Waals surface area contributed by atoms with E-state index in [1.807, 2.05) is 20.0 Å². The highest BCUT2D eigenvalue weighted by molar-refractivity contribution is 5.95. The number of hydrogen-bond donors (Lipinski definition) is 0. The Bertz CT molecular complexity index is 677. The minimum Gasteiger partial charge on any atom is -0.335 e. The van der Waals surface area contributed by atoms with Gasteiger partial charge >= 0.3 is 0 Å². The van der Waals surface area contributed by atoms with Crippen LogP contribution in [0.3, 0.4) is 0 Å². The number of carbonyl (C=O) groups is 1. The third-order valence-corrected chi connectivity index (χ3v) is 5.16. The second-order valence-electron chi connectivity index (χ2n) is 6.40. The van der Waals surface area contributed by atoms with Crippen LogP contribution in [0.4, 0.5) is 0 Å². The lowest BCUT2D eigenvalue weighted by Crippen LogP contribution is -2.39. The molecular weight excluding hydrogens is 286 g/mol. The van der Waals surface area contributed by atoms with Crippen molar-refractivity contribution in [1.29, 1.82) is 0 Å². The molecule has 23 heavy (non-hydrogen) atoms. The molecule has 122 valence electrons. The van der Waals surface area contributed by atoms with Crippen molar-refractivity contribution in [1.82, 2.24) is 14.7 Å². The van der Waals surface area contributed by atoms with E-state index in [-0.39, 0.29) is 11.9 Å². The highest BCUT2D eigenvalue weighted by Gasteiger charge is 2.35. The Labute approximate surface area is 138 Å². The first-order valence-electron chi connectivity index (χ1n) is 8.48. The van der Waals surface area contributed by atoms with Gasteiger partial charge in [-0.05, 0) is 31.7 Å². The molecule has 1 aliphatic heterocycles. The molecule has 0 N–H and O–H groups in total. The predicted molar refractivity (Wildman–Crippen MR) is 91.5 cm³/mol. The van der Waals surface area contributed by atoms with E-state index >= 15 is 0 Å². The summed E-state index contributed by atoms with van der Waals surface area (Å²) >= 11 is 0. The van der Waals surface area contributed by atoms with Crippen molar-refractivity contribution >= 4 is 5.91 Å². The van der Waals surface area contributed by atoms with Gasteiger partial charge in [0.25, 0.3) is 5.91 Å². The van der Waals surface area contributed by atoms with Gasteiger partial charge < -0.3 is 4.90 Å². The van der Waals surface area contributed by atoms with Gasteiger partial charge in [0.05, 0.1) is 11.8 Å². The molecule has 0 radical (unpaired) electrons. The van der Waals surface area contributed by atoms with Crippen LogP contribution in [0.1, 0.15) is 53.7 Å². The monoisotopic (exact) mass is 311 g/mol. The van der Waals surface area contributed by atoms with Crippen LogP contribution < -0.4 is 0 Å². The third-order valence-electron chi connectivity index (χ3n) is 5.16. The molecule has 2 heterocycles. The smallest absolute Gasteiger partial charge is 0.257 e. The van der Waals surface area contributed by atoms with Crippen molar-refractivity contribution in [3.63, 3.8) is 0 Å². The summed E-state index contributed by atoms with van der Waals surface area (Å²) in [6.45, 7) is 5.02. The van der Waals surface area contributed by atoms with E-state index in [9.17, 15) is 4.79 Å². The molecule has 0 saturated carbocycles. The maximum Gasteiger partial charge on any atom is 0.257 e. The number of hydrogen-bond acceptors (Lipinski definition) is 2. The molecule has 1 amide bonds. The van der Waals surface area contributed by atoms with Gasteiger partial charge in [-0.1, -0.05) is 37.3 Å². The molecule has 1 aliphatic rings. The van der Waals surface area contributed by atoms with Gasteiger partial charge in [0.1, 0.15) is 0 Å². The summed E-state index contributed by atoms with van der Waals surface area (Å²) in [6, 6.07) is 10.9. The molecular formula is C19H25N3O. The Morgan fingerprint density at radius 1 is 1.35 bits per heavy atom. The van der Waals surface area contributed by atoms with Gasteiger partial charge in [0.2, 0.25) is 0 Å². The Hall–Kier alpha value is -2.10. The van der Waals surface area contributed by atoms with Crippen molar-refractivity contribution < 1.29 is 4.79 Å². The molecule has 4 heteroatoms. The molecule has 1 fully saturated rings. The van der Waals surface area contributed by atoms with E-state index in [4.69, 9.17) is 0 Å². The van der Waals surface area contributed by atoms with Gasteiger partial charge in [-0.25, -0.2) is 0 Å². The van der Waals surface area contributed by atoms with Gasteiger partial charge in [-0.15, -0.1) is 0 Å². The quantitative estimate of drug-likeness (QED) is 0.866. The second kappa shape index (κ2) is 6.57. The summed E-state index contributed by atoms with van der Waals surface area (Å²) in [5.74, 6) is 0.534. The lowest BCUT2D eigenvalue weighted by molar-refractivity contribution is 0.0713. The fourth-order valence-corrected chi connectivity index (χ4v) is 3.76. The first kappa shape index (κ1) is 15.8. The maximum atomic E-state index is 13.0. The number of nitrogens with zero attached hydrogens (tertiary/aromatic N) is 3. The Kier molecular flexibility index (Phi) is 4.51. The van der Waals surface area contributed by atoms with Crippen LogP contribution in [-0.2, 0) is 7.05 Å². The van der Waals surface area contributed by atoms with Gasteiger partial charge in [0.15, 0.2) is 0 Å². The van der Waals surface area contributed by atoms with Crippen LogP contribution in [0.5, 0.6) is 0 Å². The number of aryl methyl sites for hydroxylation is 1. The molecule has 0 spiro atoms. The Morgan fingerprint density at radius 2 is 2.09 bits per heavy atom. The SMILES string of the molecule is CC[C@@H](c1ccccc1)[C@@H]1CCCN1C(=O)c1cnn(C)c1C. The van der Waals surface area contributed by atoms with Crippen LogP contribution in [0, 0.1) is 6.92 Å². The largest absolute Gasteiger partial charge is 0.335 e. The Morgan fingerprint density at radius 3 is 2.70 bits per heavy atom. The first-order chi connectivity index (χ1) is 11.1. The predicted octanol–water partition coefficient (Wildman–Crippen LogP) is 3.53. The van der Waals surface area contributed by atoms with E-state index in [1.165, 1.54) is 5.56 Å². The van der Waals surface area contributed by atoms with Gasteiger partial charge in [-0.3, -0.25) is 9.48 Å². The average Bonchev–Trinajstić information content (AvgIpc) is 3.17. The summed E-state index contributed by atoms with van der Waals surface area (Å²) in [4.78, 5) is 15.1. The fourth-order valence-electron chi connectivity index (χ4n) is 3.76.